The third kappa shape index (κ3) is 1.90. The molecule has 0 radical (unpaired) electrons. The number of para-hydroxylation sites is 1. The van der Waals surface area contributed by atoms with Crippen molar-refractivity contribution in [3.05, 3.63) is 29.8 Å². The Hall–Kier alpha value is -2.17. The van der Waals surface area contributed by atoms with E-state index in [1.54, 1.807) is 24.3 Å². The number of rotatable bonds is 3. The van der Waals surface area contributed by atoms with Gasteiger partial charge in [0.2, 0.25) is 5.91 Å². The lowest BCUT2D eigenvalue weighted by atomic mass is 9.64. The molecule has 1 aromatic carbocycles. The number of nitrogens with one attached hydrogen (secondary N) is 1. The van der Waals surface area contributed by atoms with Crippen molar-refractivity contribution < 1.29 is 19.1 Å². The van der Waals surface area contributed by atoms with Gasteiger partial charge in [0.25, 0.3) is 0 Å². The van der Waals surface area contributed by atoms with E-state index in [1.165, 1.54) is 7.11 Å². The van der Waals surface area contributed by atoms with Gasteiger partial charge >= 0.3 is 5.97 Å². The van der Waals surface area contributed by atoms with Gasteiger partial charge in [0.05, 0.1) is 23.8 Å². The molecule has 2 aliphatic rings. The van der Waals surface area contributed by atoms with E-state index in [4.69, 9.17) is 4.74 Å². The van der Waals surface area contributed by atoms with E-state index in [0.717, 1.165) is 6.42 Å². The summed E-state index contributed by atoms with van der Waals surface area (Å²) in [6.07, 6.45) is 1.68. The second-order valence-corrected chi connectivity index (χ2v) is 7.63. The zero-order valence-electron chi connectivity index (χ0n) is 14.6. The predicted molar refractivity (Wildman–Crippen MR) is 89.6 cm³/mol. The summed E-state index contributed by atoms with van der Waals surface area (Å²) < 4.78 is 4.77. The zero-order valence-corrected chi connectivity index (χ0v) is 14.6. The number of ketones is 1. The van der Waals surface area contributed by atoms with Crippen molar-refractivity contribution in [3.8, 4) is 0 Å². The number of carbonyl (C=O) groups is 3. The summed E-state index contributed by atoms with van der Waals surface area (Å²) >= 11 is 0. The van der Waals surface area contributed by atoms with Gasteiger partial charge in [0, 0.05) is 11.8 Å². The fourth-order valence-electron chi connectivity index (χ4n) is 4.48. The fraction of sp³-hybridized carbons (Fsp3) is 0.526. The van der Waals surface area contributed by atoms with Crippen molar-refractivity contribution in [1.29, 1.82) is 0 Å². The Balaban J connectivity index is 1.95. The molecule has 0 heterocycles. The topological polar surface area (TPSA) is 72.5 Å². The Labute approximate surface area is 141 Å². The minimum absolute atomic E-state index is 0.162. The van der Waals surface area contributed by atoms with Crippen LogP contribution in [0.15, 0.2) is 24.3 Å². The number of ether oxygens (including phenoxy) is 1. The molecule has 128 valence electrons. The van der Waals surface area contributed by atoms with Gasteiger partial charge in [-0.15, -0.1) is 0 Å². The molecular formula is C19H23NO4. The van der Waals surface area contributed by atoms with Crippen molar-refractivity contribution in [2.24, 2.45) is 16.2 Å². The first-order valence-corrected chi connectivity index (χ1v) is 8.22. The summed E-state index contributed by atoms with van der Waals surface area (Å²) in [5, 5.41) is 2.89. The van der Waals surface area contributed by atoms with Gasteiger partial charge in [-0.05, 0) is 30.4 Å². The average Bonchev–Trinajstić information content (AvgIpc) is 2.85. The first-order valence-electron chi connectivity index (χ1n) is 8.22. The highest BCUT2D eigenvalue weighted by Crippen LogP contribution is 2.70. The predicted octanol–water partition coefficient (Wildman–Crippen LogP) is 3.20. The Morgan fingerprint density at radius 1 is 1.12 bits per heavy atom. The number of anilines is 1. The van der Waals surface area contributed by atoms with Crippen LogP contribution in [0.25, 0.3) is 0 Å². The highest BCUT2D eigenvalue weighted by molar-refractivity contribution is 6.07. The number of hydrogen-bond donors (Lipinski definition) is 1. The summed E-state index contributed by atoms with van der Waals surface area (Å²) in [5.74, 6) is -0.519. The number of fused-ring (bicyclic) bond motifs is 2. The minimum atomic E-state index is -0.720. The Morgan fingerprint density at radius 3 is 2.33 bits per heavy atom. The lowest BCUT2D eigenvalue weighted by Crippen LogP contribution is -2.43. The van der Waals surface area contributed by atoms with Crippen LogP contribution in [0, 0.1) is 16.2 Å². The molecule has 0 aliphatic heterocycles. The minimum Gasteiger partial charge on any atom is -0.465 e. The van der Waals surface area contributed by atoms with Crippen molar-refractivity contribution in [3.63, 3.8) is 0 Å². The number of hydrogen-bond acceptors (Lipinski definition) is 4. The molecular weight excluding hydrogens is 306 g/mol. The highest BCUT2D eigenvalue weighted by atomic mass is 16.5. The third-order valence-corrected chi connectivity index (χ3v) is 6.72. The van der Waals surface area contributed by atoms with Gasteiger partial charge in [0.1, 0.15) is 5.78 Å². The van der Waals surface area contributed by atoms with Gasteiger partial charge in [-0.3, -0.25) is 9.59 Å². The summed E-state index contributed by atoms with van der Waals surface area (Å²) in [6.45, 7) is 5.99. The number of methoxy groups -OCH3 is 1. The molecule has 3 rings (SSSR count). The Bertz CT molecular complexity index is 739. The molecule has 5 nitrogen and oxygen atoms in total. The van der Waals surface area contributed by atoms with Crippen molar-refractivity contribution in [2.75, 3.05) is 12.4 Å². The maximum absolute atomic E-state index is 13.1. The SMILES string of the molecule is COC(=O)c1ccccc1NC(=O)[C@@]12CC[C@@](C)(C(=O)C1)C2(C)C. The lowest BCUT2D eigenvalue weighted by Gasteiger charge is -2.38. The van der Waals surface area contributed by atoms with Crippen LogP contribution in [0.2, 0.25) is 0 Å². The summed E-state index contributed by atoms with van der Waals surface area (Å²) in [6, 6.07) is 6.76. The molecule has 2 fully saturated rings. The molecule has 1 amide bonds. The first-order chi connectivity index (χ1) is 11.2. The van der Waals surface area contributed by atoms with Gasteiger partial charge in [-0.1, -0.05) is 32.9 Å². The van der Waals surface area contributed by atoms with Gasteiger partial charge in [-0.25, -0.2) is 4.79 Å². The van der Waals surface area contributed by atoms with Crippen LogP contribution < -0.4 is 5.32 Å². The zero-order chi connectivity index (χ0) is 17.8. The van der Waals surface area contributed by atoms with Crippen LogP contribution in [-0.4, -0.2) is 24.8 Å². The van der Waals surface area contributed by atoms with Gasteiger partial charge in [0.15, 0.2) is 0 Å². The molecule has 2 bridgehead atoms. The average molecular weight is 329 g/mol. The second kappa shape index (κ2) is 5.16. The molecule has 2 aliphatic carbocycles. The molecule has 2 atom stereocenters. The number of carbonyl (C=O) groups excluding carboxylic acids is 3. The van der Waals surface area contributed by atoms with Crippen molar-refractivity contribution >= 4 is 23.3 Å². The van der Waals surface area contributed by atoms with E-state index in [0.29, 0.717) is 17.7 Å². The van der Waals surface area contributed by atoms with E-state index in [-0.39, 0.29) is 18.1 Å². The van der Waals surface area contributed by atoms with Crippen LogP contribution >= 0.6 is 0 Å². The Morgan fingerprint density at radius 2 is 1.79 bits per heavy atom. The largest absolute Gasteiger partial charge is 0.465 e. The van der Waals surface area contributed by atoms with Crippen molar-refractivity contribution in [2.45, 2.75) is 40.0 Å². The number of Topliss-reactive ketones (excluding diaryl/α,β-unsaturated/α-hetero) is 1. The van der Waals surface area contributed by atoms with Crippen LogP contribution in [0.1, 0.15) is 50.4 Å². The summed E-state index contributed by atoms with van der Waals surface area (Å²) in [7, 11) is 1.31. The number of benzene rings is 1. The normalized spacial score (nSPS) is 30.2. The van der Waals surface area contributed by atoms with Crippen LogP contribution in [0.4, 0.5) is 5.69 Å². The quantitative estimate of drug-likeness (QED) is 0.864. The molecule has 24 heavy (non-hydrogen) atoms. The van der Waals surface area contributed by atoms with E-state index in [1.807, 2.05) is 20.8 Å². The molecule has 1 aromatic rings. The van der Waals surface area contributed by atoms with E-state index < -0.39 is 22.2 Å². The summed E-state index contributed by atoms with van der Waals surface area (Å²) in [5.41, 5.74) is -0.851. The molecule has 2 saturated carbocycles. The highest BCUT2D eigenvalue weighted by Gasteiger charge is 2.72. The molecule has 0 aromatic heterocycles. The molecule has 1 N–H and O–H groups in total. The molecule has 0 unspecified atom stereocenters. The van der Waals surface area contributed by atoms with Crippen LogP contribution in [0.3, 0.4) is 0 Å². The standard InChI is InChI=1S/C19H23NO4/c1-17(2)18(3)9-10-19(17,11-14(18)21)16(23)20-13-8-6-5-7-12(13)15(22)24-4/h5-8H,9-11H2,1-4H3,(H,20,23)/t18-,19+/m0/s1. The van der Waals surface area contributed by atoms with Crippen LogP contribution in [0.5, 0.6) is 0 Å². The molecule has 5 heteroatoms. The molecule has 0 saturated heterocycles. The number of esters is 1. The van der Waals surface area contributed by atoms with E-state index in [2.05, 4.69) is 5.32 Å². The van der Waals surface area contributed by atoms with E-state index in [9.17, 15) is 14.4 Å². The van der Waals surface area contributed by atoms with E-state index >= 15 is 0 Å². The van der Waals surface area contributed by atoms with Gasteiger partial charge in [-0.2, -0.15) is 0 Å². The summed E-state index contributed by atoms with van der Waals surface area (Å²) in [4.78, 5) is 37.5. The van der Waals surface area contributed by atoms with Crippen molar-refractivity contribution in [1.82, 2.24) is 0 Å². The lowest BCUT2D eigenvalue weighted by molar-refractivity contribution is -0.131. The maximum Gasteiger partial charge on any atom is 0.339 e. The number of amides is 1. The third-order valence-electron chi connectivity index (χ3n) is 6.72. The first kappa shape index (κ1) is 16.7. The fourth-order valence-corrected chi connectivity index (χ4v) is 4.48. The van der Waals surface area contributed by atoms with Crippen LogP contribution in [-0.2, 0) is 14.3 Å². The smallest absolute Gasteiger partial charge is 0.339 e. The van der Waals surface area contributed by atoms with Gasteiger partial charge < -0.3 is 10.1 Å². The Kier molecular flexibility index (Phi) is 3.59. The second-order valence-electron chi connectivity index (χ2n) is 7.63. The molecule has 0 spiro atoms. The monoisotopic (exact) mass is 329 g/mol. The maximum atomic E-state index is 13.1.